The van der Waals surface area contributed by atoms with Crippen molar-refractivity contribution in [1.29, 1.82) is 0 Å². The Labute approximate surface area is 174 Å². The van der Waals surface area contributed by atoms with Crippen molar-refractivity contribution in [3.63, 3.8) is 0 Å². The number of nitrogens with one attached hydrogen (secondary N) is 2. The number of carbonyl (C=O) groups excluding carboxylic acids is 1. The molecule has 0 aromatic heterocycles. The first-order valence-electron chi connectivity index (χ1n) is 9.31. The summed E-state index contributed by atoms with van der Waals surface area (Å²) in [5.74, 6) is -1.25. The van der Waals surface area contributed by atoms with E-state index in [0.29, 0.717) is 47.0 Å². The molecule has 2 aromatic carbocycles. The first-order valence-corrected chi connectivity index (χ1v) is 10.2. The minimum Gasteiger partial charge on any atom is -0.493 e. The van der Waals surface area contributed by atoms with Crippen molar-refractivity contribution in [2.24, 2.45) is 0 Å². The lowest BCUT2D eigenvalue weighted by Gasteiger charge is -2.21. The zero-order valence-electron chi connectivity index (χ0n) is 17.0. The van der Waals surface area contributed by atoms with Gasteiger partial charge in [0.15, 0.2) is 17.5 Å². The SMILES string of the molecule is CCOc1ccc(C[NH+](C)[C@@H](C)C(=O)Nc2ccc(SC(F)F)cc2)cc1OC. The third-order valence-corrected chi connectivity index (χ3v) is 5.21. The van der Waals surface area contributed by atoms with Crippen molar-refractivity contribution in [3.8, 4) is 11.5 Å². The number of hydrogen-bond donors (Lipinski definition) is 2. The fourth-order valence-electron chi connectivity index (χ4n) is 2.77. The molecule has 5 nitrogen and oxygen atoms in total. The highest BCUT2D eigenvalue weighted by Gasteiger charge is 2.22. The van der Waals surface area contributed by atoms with E-state index in [2.05, 4.69) is 5.32 Å². The van der Waals surface area contributed by atoms with Gasteiger partial charge < -0.3 is 19.7 Å². The molecule has 0 heterocycles. The van der Waals surface area contributed by atoms with Crippen LogP contribution in [-0.4, -0.2) is 38.5 Å². The molecule has 0 aliphatic rings. The maximum Gasteiger partial charge on any atom is 0.288 e. The summed E-state index contributed by atoms with van der Waals surface area (Å²) in [4.78, 5) is 14.0. The number of quaternary nitrogens is 1. The van der Waals surface area contributed by atoms with Crippen LogP contribution in [0.5, 0.6) is 11.5 Å². The molecular formula is C21H27F2N2O3S+. The van der Waals surface area contributed by atoms with Crippen molar-refractivity contribution in [2.75, 3.05) is 26.1 Å². The van der Waals surface area contributed by atoms with E-state index in [1.807, 2.05) is 39.1 Å². The highest BCUT2D eigenvalue weighted by molar-refractivity contribution is 7.99. The van der Waals surface area contributed by atoms with Crippen LogP contribution in [-0.2, 0) is 11.3 Å². The van der Waals surface area contributed by atoms with Crippen LogP contribution in [0.3, 0.4) is 0 Å². The summed E-state index contributed by atoms with van der Waals surface area (Å²) in [7, 11) is 3.54. The van der Waals surface area contributed by atoms with Crippen LogP contribution in [0.4, 0.5) is 14.5 Å². The van der Waals surface area contributed by atoms with Gasteiger partial charge in [0.25, 0.3) is 11.7 Å². The number of ether oxygens (including phenoxy) is 2. The number of methoxy groups -OCH3 is 1. The Morgan fingerprint density at radius 1 is 1.17 bits per heavy atom. The van der Waals surface area contributed by atoms with Crippen molar-refractivity contribution in [2.45, 2.75) is 37.1 Å². The summed E-state index contributed by atoms with van der Waals surface area (Å²) in [5.41, 5.74) is 1.60. The summed E-state index contributed by atoms with van der Waals surface area (Å²) < 4.78 is 35.7. The zero-order valence-corrected chi connectivity index (χ0v) is 17.8. The lowest BCUT2D eigenvalue weighted by molar-refractivity contribution is -0.907. The monoisotopic (exact) mass is 425 g/mol. The van der Waals surface area contributed by atoms with Crippen LogP contribution in [0.25, 0.3) is 0 Å². The largest absolute Gasteiger partial charge is 0.493 e. The van der Waals surface area contributed by atoms with Crippen LogP contribution in [0.1, 0.15) is 19.4 Å². The Morgan fingerprint density at radius 3 is 2.45 bits per heavy atom. The van der Waals surface area contributed by atoms with Gasteiger partial charge in [-0.15, -0.1) is 0 Å². The fourth-order valence-corrected chi connectivity index (χ4v) is 3.26. The molecule has 0 saturated carbocycles. The van der Waals surface area contributed by atoms with E-state index in [0.717, 1.165) is 10.5 Å². The van der Waals surface area contributed by atoms with Crippen molar-refractivity contribution in [1.82, 2.24) is 0 Å². The second-order valence-corrected chi connectivity index (χ2v) is 7.62. The fraction of sp³-hybridized carbons (Fsp3) is 0.381. The molecule has 0 aliphatic heterocycles. The molecule has 2 rings (SSSR count). The third-order valence-electron chi connectivity index (χ3n) is 4.49. The van der Waals surface area contributed by atoms with Crippen LogP contribution in [0.15, 0.2) is 47.4 Å². The molecule has 29 heavy (non-hydrogen) atoms. The number of hydrogen-bond acceptors (Lipinski definition) is 4. The first-order chi connectivity index (χ1) is 13.8. The number of likely N-dealkylation sites (N-methyl/N-ethyl adjacent to an activating group) is 1. The molecule has 0 radical (unpaired) electrons. The minimum atomic E-state index is -2.46. The molecule has 0 aliphatic carbocycles. The molecule has 8 heteroatoms. The average Bonchev–Trinajstić information content (AvgIpc) is 2.69. The first kappa shape index (κ1) is 23.0. The Morgan fingerprint density at radius 2 is 1.86 bits per heavy atom. The molecule has 0 fully saturated rings. The molecule has 2 atom stereocenters. The quantitative estimate of drug-likeness (QED) is 0.573. The van der Waals surface area contributed by atoms with Crippen LogP contribution in [0.2, 0.25) is 0 Å². The number of thioether (sulfide) groups is 1. The topological polar surface area (TPSA) is 52.0 Å². The predicted octanol–water partition coefficient (Wildman–Crippen LogP) is 3.45. The van der Waals surface area contributed by atoms with Crippen molar-refractivity contribution in [3.05, 3.63) is 48.0 Å². The minimum absolute atomic E-state index is 0.144. The number of rotatable bonds is 10. The standard InChI is InChI=1S/C21H26F2N2O3S/c1-5-28-18-11-6-15(12-19(18)27-4)13-25(3)14(2)20(26)24-16-7-9-17(10-8-16)29-21(22)23/h6-12,14,21H,5,13H2,1-4H3,(H,24,26)/p+1/t14-/m0/s1. The van der Waals surface area contributed by atoms with Crippen LogP contribution in [0, 0.1) is 0 Å². The average molecular weight is 426 g/mol. The number of halogens is 2. The Kier molecular flexibility index (Phi) is 8.72. The van der Waals surface area contributed by atoms with Gasteiger partial charge in [0.1, 0.15) is 6.54 Å². The number of alkyl halides is 2. The van der Waals surface area contributed by atoms with Gasteiger partial charge in [-0.2, -0.15) is 8.78 Å². The predicted molar refractivity (Wildman–Crippen MR) is 111 cm³/mol. The molecule has 2 N–H and O–H groups in total. The number of anilines is 1. The Balaban J connectivity index is 1.96. The number of carbonyl (C=O) groups is 1. The number of benzene rings is 2. The van der Waals surface area contributed by atoms with E-state index >= 15 is 0 Å². The number of amides is 1. The van der Waals surface area contributed by atoms with Gasteiger partial charge in [-0.25, -0.2) is 0 Å². The zero-order chi connectivity index (χ0) is 21.4. The third kappa shape index (κ3) is 6.90. The van der Waals surface area contributed by atoms with Crippen LogP contribution < -0.4 is 19.7 Å². The summed E-state index contributed by atoms with van der Waals surface area (Å²) in [6.45, 7) is 4.94. The van der Waals surface area contributed by atoms with Gasteiger partial charge in [0.05, 0.1) is 20.8 Å². The molecule has 1 amide bonds. The van der Waals surface area contributed by atoms with Gasteiger partial charge in [0, 0.05) is 16.1 Å². The highest BCUT2D eigenvalue weighted by Crippen LogP contribution is 2.28. The molecule has 0 spiro atoms. The van der Waals surface area contributed by atoms with Gasteiger partial charge >= 0.3 is 0 Å². The summed E-state index contributed by atoms with van der Waals surface area (Å²) in [6, 6.07) is 11.8. The summed E-state index contributed by atoms with van der Waals surface area (Å²) in [5, 5.41) is 2.84. The second-order valence-electron chi connectivity index (χ2n) is 6.56. The molecule has 2 aromatic rings. The maximum atomic E-state index is 12.6. The van der Waals surface area contributed by atoms with Gasteiger partial charge in [-0.05, 0) is 56.3 Å². The van der Waals surface area contributed by atoms with Gasteiger partial charge in [0.2, 0.25) is 0 Å². The highest BCUT2D eigenvalue weighted by atomic mass is 32.2. The smallest absolute Gasteiger partial charge is 0.288 e. The van der Waals surface area contributed by atoms with Crippen molar-refractivity contribution >= 4 is 23.4 Å². The van der Waals surface area contributed by atoms with Gasteiger partial charge in [-0.1, -0.05) is 11.8 Å². The van der Waals surface area contributed by atoms with E-state index in [9.17, 15) is 13.6 Å². The lowest BCUT2D eigenvalue weighted by atomic mass is 10.1. The van der Waals surface area contributed by atoms with E-state index in [1.54, 1.807) is 31.4 Å². The Hall–Kier alpha value is -2.32. The van der Waals surface area contributed by atoms with Crippen molar-refractivity contribution < 1.29 is 27.9 Å². The molecule has 0 bridgehead atoms. The van der Waals surface area contributed by atoms with E-state index in [4.69, 9.17) is 9.47 Å². The van der Waals surface area contributed by atoms with Crippen LogP contribution >= 0.6 is 11.8 Å². The maximum absolute atomic E-state index is 12.6. The molecule has 158 valence electrons. The normalized spacial score (nSPS) is 13.1. The second kappa shape index (κ2) is 11.0. The lowest BCUT2D eigenvalue weighted by Crippen LogP contribution is -3.12. The van der Waals surface area contributed by atoms with Gasteiger partial charge in [-0.3, -0.25) is 4.79 Å². The summed E-state index contributed by atoms with van der Waals surface area (Å²) >= 11 is 0.476. The molecule has 0 saturated heterocycles. The molecular weight excluding hydrogens is 398 g/mol. The summed E-state index contributed by atoms with van der Waals surface area (Å²) in [6.07, 6.45) is 0. The molecule has 1 unspecified atom stereocenters. The van der Waals surface area contributed by atoms with E-state index in [1.165, 1.54) is 0 Å². The van der Waals surface area contributed by atoms with E-state index in [-0.39, 0.29) is 11.9 Å². The Bertz CT molecular complexity index is 803. The van der Waals surface area contributed by atoms with E-state index < -0.39 is 5.76 Å².